The maximum atomic E-state index is 13.3. The molecule has 0 radical (unpaired) electrons. The summed E-state index contributed by atoms with van der Waals surface area (Å²) in [6.07, 6.45) is -0.428. The number of aryl methyl sites for hydroxylation is 1. The first-order chi connectivity index (χ1) is 12.2. The van der Waals surface area contributed by atoms with E-state index in [1.807, 2.05) is 52.0 Å². The molecule has 6 nitrogen and oxygen atoms in total. The number of hydrogen-bond donors (Lipinski definition) is 0. The number of hydrogen-bond acceptors (Lipinski definition) is 4. The fourth-order valence-corrected chi connectivity index (χ4v) is 3.74. The molecule has 2 heterocycles. The van der Waals surface area contributed by atoms with Crippen molar-refractivity contribution in [1.82, 2.24) is 4.90 Å². The summed E-state index contributed by atoms with van der Waals surface area (Å²) in [6, 6.07) is 7.23. The minimum absolute atomic E-state index is 0.0160. The number of anilines is 1. The highest BCUT2D eigenvalue weighted by molar-refractivity contribution is 5.99. The molecule has 3 unspecified atom stereocenters. The summed E-state index contributed by atoms with van der Waals surface area (Å²) in [6.45, 7) is 9.08. The molecule has 2 aliphatic rings. The number of nitrogens with zero attached hydrogens (tertiary/aromatic N) is 2. The molecule has 0 aliphatic carbocycles. The van der Waals surface area contributed by atoms with Crippen LogP contribution in [0.2, 0.25) is 0 Å². The highest BCUT2D eigenvalue weighted by Gasteiger charge is 2.52. The van der Waals surface area contributed by atoms with Crippen LogP contribution in [0.15, 0.2) is 24.3 Å². The lowest BCUT2D eigenvalue weighted by Gasteiger charge is -2.32. The zero-order chi connectivity index (χ0) is 19.1. The summed E-state index contributed by atoms with van der Waals surface area (Å²) in [4.78, 5) is 29.2. The number of carbonyl (C=O) groups excluding carboxylic acids is 2. The number of likely N-dealkylation sites (tertiary alicyclic amines) is 1. The molecule has 6 heteroatoms. The van der Waals surface area contributed by atoms with Gasteiger partial charge >= 0.3 is 6.09 Å². The molecular formula is C20H28N2O4. The van der Waals surface area contributed by atoms with Crippen LogP contribution >= 0.6 is 0 Å². The van der Waals surface area contributed by atoms with Crippen LogP contribution in [-0.4, -0.2) is 55.3 Å². The summed E-state index contributed by atoms with van der Waals surface area (Å²) < 4.78 is 11.1. The van der Waals surface area contributed by atoms with Crippen LogP contribution in [0.1, 0.15) is 26.3 Å². The Morgan fingerprint density at radius 3 is 2.65 bits per heavy atom. The number of ether oxygens (including phenoxy) is 2. The first-order valence-electron chi connectivity index (χ1n) is 9.09. The van der Waals surface area contributed by atoms with Gasteiger partial charge in [-0.1, -0.05) is 12.1 Å². The molecule has 0 spiro atoms. The van der Waals surface area contributed by atoms with Crippen LogP contribution in [-0.2, 0) is 14.3 Å². The lowest BCUT2D eigenvalue weighted by Crippen LogP contribution is -2.51. The van der Waals surface area contributed by atoms with Gasteiger partial charge in [0.05, 0.1) is 13.2 Å². The van der Waals surface area contributed by atoms with Crippen molar-refractivity contribution in [1.29, 1.82) is 0 Å². The van der Waals surface area contributed by atoms with Crippen LogP contribution in [0.5, 0.6) is 0 Å². The highest BCUT2D eigenvalue weighted by Crippen LogP contribution is 2.37. The molecule has 2 amide bonds. The Bertz CT molecular complexity index is 697. The maximum Gasteiger partial charge on any atom is 0.410 e. The van der Waals surface area contributed by atoms with Gasteiger partial charge in [-0.25, -0.2) is 4.79 Å². The zero-order valence-electron chi connectivity index (χ0n) is 16.2. The molecule has 2 saturated heterocycles. The molecule has 0 bridgehead atoms. The third-order valence-corrected chi connectivity index (χ3v) is 5.02. The van der Waals surface area contributed by atoms with Crippen molar-refractivity contribution in [3.63, 3.8) is 0 Å². The summed E-state index contributed by atoms with van der Waals surface area (Å²) in [5.41, 5.74) is 1.31. The highest BCUT2D eigenvalue weighted by atomic mass is 16.6. The lowest BCUT2D eigenvalue weighted by atomic mass is 9.93. The Kier molecular flexibility index (Phi) is 4.97. The molecule has 0 aromatic heterocycles. The van der Waals surface area contributed by atoms with Crippen molar-refractivity contribution in [2.24, 2.45) is 11.8 Å². The lowest BCUT2D eigenvalue weighted by molar-refractivity contribution is -0.124. The van der Waals surface area contributed by atoms with E-state index >= 15 is 0 Å². The van der Waals surface area contributed by atoms with Crippen LogP contribution in [0, 0.1) is 18.8 Å². The number of benzene rings is 1. The van der Waals surface area contributed by atoms with Crippen molar-refractivity contribution in [3.05, 3.63) is 29.8 Å². The number of fused-ring (bicyclic) bond motifs is 1. The topological polar surface area (TPSA) is 59.1 Å². The summed E-state index contributed by atoms with van der Waals surface area (Å²) in [5.74, 6) is 0.101. The van der Waals surface area contributed by atoms with E-state index in [1.165, 1.54) is 0 Å². The second-order valence-electron chi connectivity index (χ2n) is 8.28. The molecular weight excluding hydrogens is 332 g/mol. The first-order valence-corrected chi connectivity index (χ1v) is 9.09. The molecule has 0 saturated carbocycles. The third-order valence-electron chi connectivity index (χ3n) is 5.02. The van der Waals surface area contributed by atoms with E-state index in [0.717, 1.165) is 11.3 Å². The van der Waals surface area contributed by atoms with E-state index in [2.05, 4.69) is 0 Å². The Balaban J connectivity index is 1.85. The third kappa shape index (κ3) is 3.70. The van der Waals surface area contributed by atoms with Crippen molar-refractivity contribution < 1.29 is 19.1 Å². The average Bonchev–Trinajstić information content (AvgIpc) is 3.12. The van der Waals surface area contributed by atoms with E-state index in [9.17, 15) is 9.59 Å². The number of amides is 2. The summed E-state index contributed by atoms with van der Waals surface area (Å²) in [7, 11) is 1.76. The fourth-order valence-electron chi connectivity index (χ4n) is 3.74. The minimum atomic E-state index is -0.596. The van der Waals surface area contributed by atoms with Gasteiger partial charge in [-0.15, -0.1) is 0 Å². The fraction of sp³-hybridized carbons (Fsp3) is 0.600. The van der Waals surface area contributed by atoms with Gasteiger partial charge in [0.25, 0.3) is 0 Å². The number of carbonyl (C=O) groups is 2. The van der Waals surface area contributed by atoms with Crippen molar-refractivity contribution in [2.45, 2.75) is 39.3 Å². The largest absolute Gasteiger partial charge is 0.444 e. The molecule has 0 N–H and O–H groups in total. The second-order valence-corrected chi connectivity index (χ2v) is 8.28. The Labute approximate surface area is 155 Å². The normalized spacial score (nSPS) is 25.1. The van der Waals surface area contributed by atoms with Gasteiger partial charge in [0.2, 0.25) is 5.91 Å². The molecule has 1 aromatic carbocycles. The van der Waals surface area contributed by atoms with Gasteiger partial charge in [0.15, 0.2) is 0 Å². The molecule has 3 rings (SSSR count). The van der Waals surface area contributed by atoms with Crippen molar-refractivity contribution >= 4 is 17.7 Å². The zero-order valence-corrected chi connectivity index (χ0v) is 16.2. The molecule has 1 aromatic rings. The van der Waals surface area contributed by atoms with E-state index in [0.29, 0.717) is 19.8 Å². The van der Waals surface area contributed by atoms with Crippen LogP contribution in [0.4, 0.5) is 10.5 Å². The predicted molar refractivity (Wildman–Crippen MR) is 99.1 cm³/mol. The Morgan fingerprint density at radius 2 is 2.00 bits per heavy atom. The predicted octanol–water partition coefficient (Wildman–Crippen LogP) is 2.84. The Morgan fingerprint density at radius 1 is 1.27 bits per heavy atom. The quantitative estimate of drug-likeness (QED) is 0.814. The SMILES string of the molecule is Cc1cccc(N(C)C(=O)C2C3COCC3CN2C(=O)OC(C)(C)C)c1. The Hall–Kier alpha value is -2.08. The van der Waals surface area contributed by atoms with E-state index in [1.54, 1.807) is 16.8 Å². The second kappa shape index (κ2) is 6.91. The van der Waals surface area contributed by atoms with E-state index in [4.69, 9.17) is 9.47 Å². The maximum absolute atomic E-state index is 13.3. The standard InChI is InChI=1S/C20H28N2O4/c1-13-7-6-8-15(9-13)21(5)18(23)17-16-12-25-11-14(16)10-22(17)19(24)26-20(2,3)4/h6-9,14,16-17H,10-12H2,1-5H3. The van der Waals surface area contributed by atoms with Crippen molar-refractivity contribution in [3.8, 4) is 0 Å². The van der Waals surface area contributed by atoms with E-state index < -0.39 is 17.7 Å². The van der Waals surface area contributed by atoms with Gasteiger partial charge in [-0.05, 0) is 45.4 Å². The van der Waals surface area contributed by atoms with Gasteiger partial charge in [-0.3, -0.25) is 9.69 Å². The monoisotopic (exact) mass is 360 g/mol. The number of likely N-dealkylation sites (N-methyl/N-ethyl adjacent to an activating group) is 1. The molecule has 2 fully saturated rings. The van der Waals surface area contributed by atoms with Gasteiger partial charge in [-0.2, -0.15) is 0 Å². The minimum Gasteiger partial charge on any atom is -0.444 e. The smallest absolute Gasteiger partial charge is 0.410 e. The molecule has 3 atom stereocenters. The van der Waals surface area contributed by atoms with E-state index in [-0.39, 0.29) is 17.7 Å². The number of rotatable bonds is 2. The first kappa shape index (κ1) is 18.7. The summed E-state index contributed by atoms with van der Waals surface area (Å²) in [5, 5.41) is 0. The molecule has 26 heavy (non-hydrogen) atoms. The van der Waals surface area contributed by atoms with Crippen molar-refractivity contribution in [2.75, 3.05) is 31.7 Å². The van der Waals surface area contributed by atoms with Crippen LogP contribution in [0.3, 0.4) is 0 Å². The average molecular weight is 360 g/mol. The summed E-state index contributed by atoms with van der Waals surface area (Å²) >= 11 is 0. The van der Waals surface area contributed by atoms with Gasteiger partial charge in [0.1, 0.15) is 11.6 Å². The molecule has 142 valence electrons. The van der Waals surface area contributed by atoms with Crippen LogP contribution < -0.4 is 4.90 Å². The van der Waals surface area contributed by atoms with Gasteiger partial charge in [0, 0.05) is 31.1 Å². The molecule has 2 aliphatic heterocycles. The van der Waals surface area contributed by atoms with Crippen LogP contribution in [0.25, 0.3) is 0 Å². The van der Waals surface area contributed by atoms with Gasteiger partial charge < -0.3 is 14.4 Å².